The molecule has 0 heterocycles. The number of anilines is 1. The van der Waals surface area contributed by atoms with Gasteiger partial charge in [-0.1, -0.05) is 12.8 Å². The molecule has 0 aromatic heterocycles. The van der Waals surface area contributed by atoms with Gasteiger partial charge in [-0.3, -0.25) is 14.9 Å². The third-order valence-electron chi connectivity index (χ3n) is 4.45. The van der Waals surface area contributed by atoms with Crippen molar-refractivity contribution in [2.75, 3.05) is 26.0 Å². The standard InChI is InChI=1S/C15H21N3O3/c1-17(2)15(7-3-4-8-15)11-16-13-6-5-12(10-19)9-14(13)18(20)21/h5-6,9-10,16H,3-4,7-8,11H2,1-2H3. The van der Waals surface area contributed by atoms with Crippen LogP contribution in [-0.2, 0) is 0 Å². The van der Waals surface area contributed by atoms with E-state index >= 15 is 0 Å². The maximum Gasteiger partial charge on any atom is 0.293 e. The van der Waals surface area contributed by atoms with E-state index in [1.165, 1.54) is 18.9 Å². The smallest absolute Gasteiger partial charge is 0.293 e. The van der Waals surface area contributed by atoms with E-state index in [-0.39, 0.29) is 11.2 Å². The third-order valence-corrected chi connectivity index (χ3v) is 4.45. The van der Waals surface area contributed by atoms with Crippen molar-refractivity contribution in [2.24, 2.45) is 0 Å². The molecule has 0 spiro atoms. The fraction of sp³-hybridized carbons (Fsp3) is 0.533. The largest absolute Gasteiger partial charge is 0.378 e. The molecule has 0 atom stereocenters. The zero-order valence-electron chi connectivity index (χ0n) is 12.5. The first kappa shape index (κ1) is 15.4. The van der Waals surface area contributed by atoms with Gasteiger partial charge < -0.3 is 10.2 Å². The summed E-state index contributed by atoms with van der Waals surface area (Å²) in [6.07, 6.45) is 5.17. The van der Waals surface area contributed by atoms with Gasteiger partial charge in [-0.05, 0) is 39.1 Å². The van der Waals surface area contributed by atoms with Gasteiger partial charge in [-0.2, -0.15) is 0 Å². The normalized spacial score (nSPS) is 16.9. The molecule has 114 valence electrons. The summed E-state index contributed by atoms with van der Waals surface area (Å²) >= 11 is 0. The summed E-state index contributed by atoms with van der Waals surface area (Å²) in [7, 11) is 4.10. The number of likely N-dealkylation sites (N-methyl/N-ethyl adjacent to an activating group) is 1. The van der Waals surface area contributed by atoms with Gasteiger partial charge in [0.15, 0.2) is 0 Å². The summed E-state index contributed by atoms with van der Waals surface area (Å²) < 4.78 is 0. The lowest BCUT2D eigenvalue weighted by atomic mass is 9.96. The monoisotopic (exact) mass is 291 g/mol. The van der Waals surface area contributed by atoms with Crippen LogP contribution in [-0.4, -0.2) is 42.3 Å². The molecule has 0 unspecified atom stereocenters. The molecule has 1 aliphatic rings. The highest BCUT2D eigenvalue weighted by atomic mass is 16.6. The van der Waals surface area contributed by atoms with Crippen LogP contribution in [0.4, 0.5) is 11.4 Å². The highest BCUT2D eigenvalue weighted by Gasteiger charge is 2.36. The minimum Gasteiger partial charge on any atom is -0.378 e. The Bertz CT molecular complexity index is 537. The second-order valence-electron chi connectivity index (χ2n) is 5.83. The summed E-state index contributed by atoms with van der Waals surface area (Å²) in [5.74, 6) is 0. The van der Waals surface area contributed by atoms with Crippen molar-refractivity contribution in [2.45, 2.75) is 31.2 Å². The van der Waals surface area contributed by atoms with Crippen LogP contribution in [0.5, 0.6) is 0 Å². The second-order valence-corrected chi connectivity index (χ2v) is 5.83. The van der Waals surface area contributed by atoms with Crippen molar-refractivity contribution in [1.29, 1.82) is 0 Å². The predicted octanol–water partition coefficient (Wildman–Crippen LogP) is 2.69. The molecule has 1 N–H and O–H groups in total. The van der Waals surface area contributed by atoms with Gasteiger partial charge in [-0.25, -0.2) is 0 Å². The van der Waals surface area contributed by atoms with Crippen LogP contribution in [0.2, 0.25) is 0 Å². The molecule has 2 rings (SSSR count). The number of nitrogens with one attached hydrogen (secondary N) is 1. The van der Waals surface area contributed by atoms with E-state index in [1.807, 2.05) is 0 Å². The maximum absolute atomic E-state index is 11.1. The zero-order chi connectivity index (χ0) is 15.5. The Hall–Kier alpha value is -1.95. The van der Waals surface area contributed by atoms with Crippen LogP contribution >= 0.6 is 0 Å². The highest BCUT2D eigenvalue weighted by Crippen LogP contribution is 2.35. The van der Waals surface area contributed by atoms with E-state index in [0.29, 0.717) is 24.1 Å². The van der Waals surface area contributed by atoms with E-state index in [4.69, 9.17) is 0 Å². The molecular weight excluding hydrogens is 270 g/mol. The quantitative estimate of drug-likeness (QED) is 0.495. The van der Waals surface area contributed by atoms with Crippen LogP contribution < -0.4 is 5.32 Å². The third kappa shape index (κ3) is 3.21. The van der Waals surface area contributed by atoms with Crippen molar-refractivity contribution in [3.05, 3.63) is 33.9 Å². The fourth-order valence-corrected chi connectivity index (χ4v) is 3.00. The van der Waals surface area contributed by atoms with Crippen molar-refractivity contribution in [3.8, 4) is 0 Å². The van der Waals surface area contributed by atoms with Gasteiger partial charge >= 0.3 is 0 Å². The molecule has 1 fully saturated rings. The number of rotatable bonds is 6. The van der Waals surface area contributed by atoms with Gasteiger partial charge in [0.1, 0.15) is 12.0 Å². The van der Waals surface area contributed by atoms with Crippen LogP contribution in [0.25, 0.3) is 0 Å². The van der Waals surface area contributed by atoms with Gasteiger partial charge in [0.2, 0.25) is 0 Å². The Morgan fingerprint density at radius 3 is 2.57 bits per heavy atom. The first-order valence-electron chi connectivity index (χ1n) is 7.13. The predicted molar refractivity (Wildman–Crippen MR) is 81.9 cm³/mol. The van der Waals surface area contributed by atoms with Crippen molar-refractivity contribution in [1.82, 2.24) is 4.90 Å². The van der Waals surface area contributed by atoms with E-state index in [9.17, 15) is 14.9 Å². The molecule has 0 amide bonds. The van der Waals surface area contributed by atoms with Crippen LogP contribution in [0.3, 0.4) is 0 Å². The number of hydrogen-bond donors (Lipinski definition) is 1. The van der Waals surface area contributed by atoms with E-state index in [1.54, 1.807) is 12.1 Å². The molecular formula is C15H21N3O3. The molecule has 1 aromatic carbocycles. The fourth-order valence-electron chi connectivity index (χ4n) is 3.00. The van der Waals surface area contributed by atoms with E-state index in [2.05, 4.69) is 24.3 Å². The van der Waals surface area contributed by atoms with Gasteiger partial charge in [0.25, 0.3) is 5.69 Å². The SMILES string of the molecule is CN(C)C1(CNc2ccc(C=O)cc2[N+](=O)[O-])CCCC1. The second kappa shape index (κ2) is 6.22. The van der Waals surface area contributed by atoms with Crippen LogP contribution in [0, 0.1) is 10.1 Å². The Labute approximate surface area is 124 Å². The number of nitrogens with zero attached hydrogens (tertiary/aromatic N) is 2. The average molecular weight is 291 g/mol. The van der Waals surface area contributed by atoms with Crippen LogP contribution in [0.15, 0.2) is 18.2 Å². The molecule has 0 radical (unpaired) electrons. The van der Waals surface area contributed by atoms with Crippen molar-refractivity contribution < 1.29 is 9.72 Å². The maximum atomic E-state index is 11.1. The van der Waals surface area contributed by atoms with Crippen molar-refractivity contribution in [3.63, 3.8) is 0 Å². The molecule has 6 nitrogen and oxygen atoms in total. The number of benzene rings is 1. The lowest BCUT2D eigenvalue weighted by Crippen LogP contribution is -2.47. The number of nitro benzene ring substituents is 1. The number of aldehydes is 1. The summed E-state index contributed by atoms with van der Waals surface area (Å²) in [5, 5.41) is 14.3. The Morgan fingerprint density at radius 1 is 1.38 bits per heavy atom. The summed E-state index contributed by atoms with van der Waals surface area (Å²) in [6.45, 7) is 0.668. The minimum absolute atomic E-state index is 0.0495. The topological polar surface area (TPSA) is 75.5 Å². The van der Waals surface area contributed by atoms with Gasteiger partial charge in [-0.15, -0.1) is 0 Å². The summed E-state index contributed by atoms with van der Waals surface area (Å²) in [6, 6.07) is 4.52. The molecule has 6 heteroatoms. The van der Waals surface area contributed by atoms with Gasteiger partial charge in [0, 0.05) is 23.7 Å². The van der Waals surface area contributed by atoms with Gasteiger partial charge in [0.05, 0.1) is 4.92 Å². The molecule has 1 saturated carbocycles. The lowest BCUT2D eigenvalue weighted by molar-refractivity contribution is -0.384. The minimum atomic E-state index is -0.452. The van der Waals surface area contributed by atoms with Crippen molar-refractivity contribution >= 4 is 17.7 Å². The molecule has 0 bridgehead atoms. The molecule has 1 aromatic rings. The number of nitro groups is 1. The number of hydrogen-bond acceptors (Lipinski definition) is 5. The Morgan fingerprint density at radius 2 is 2.05 bits per heavy atom. The Balaban J connectivity index is 2.19. The summed E-state index contributed by atoms with van der Waals surface area (Å²) in [5.41, 5.74) is 0.790. The summed E-state index contributed by atoms with van der Waals surface area (Å²) in [4.78, 5) is 23.6. The first-order valence-corrected chi connectivity index (χ1v) is 7.13. The van der Waals surface area contributed by atoms with E-state index < -0.39 is 4.92 Å². The number of carbonyl (C=O) groups excluding carboxylic acids is 1. The first-order chi connectivity index (χ1) is 9.98. The molecule has 0 saturated heterocycles. The average Bonchev–Trinajstić information content (AvgIpc) is 2.95. The molecule has 21 heavy (non-hydrogen) atoms. The number of carbonyl (C=O) groups is 1. The molecule has 0 aliphatic heterocycles. The zero-order valence-corrected chi connectivity index (χ0v) is 12.5. The van der Waals surface area contributed by atoms with E-state index in [0.717, 1.165) is 12.8 Å². The highest BCUT2D eigenvalue weighted by molar-refractivity contribution is 5.79. The van der Waals surface area contributed by atoms with Crippen LogP contribution in [0.1, 0.15) is 36.0 Å². The lowest BCUT2D eigenvalue weighted by Gasteiger charge is -2.36. The Kier molecular flexibility index (Phi) is 4.57. The molecule has 1 aliphatic carbocycles.